The third-order valence-corrected chi connectivity index (χ3v) is 7.35. The van der Waals surface area contributed by atoms with Crippen LogP contribution in [0.25, 0.3) is 0 Å². The van der Waals surface area contributed by atoms with E-state index in [0.717, 1.165) is 0 Å². The van der Waals surface area contributed by atoms with Crippen LogP contribution >= 0.6 is 11.6 Å². The molecule has 0 saturated heterocycles. The molecule has 4 nitrogen and oxygen atoms in total. The Hall–Kier alpha value is -2.60. The molecule has 0 heterocycles. The molecule has 0 fully saturated rings. The van der Waals surface area contributed by atoms with E-state index in [2.05, 4.69) is 95.7 Å². The van der Waals surface area contributed by atoms with Crippen LogP contribution in [0.1, 0.15) is 0 Å². The smallest absolute Gasteiger partial charge is 0.432 e. The molecule has 188 valence electrons. The van der Waals surface area contributed by atoms with Crippen LogP contribution < -0.4 is 0 Å². The molecule has 0 radical (unpaired) electrons. The molecule has 3 aromatic carbocycles. The van der Waals surface area contributed by atoms with Crippen molar-refractivity contribution in [1.29, 1.82) is 0 Å². The molecule has 0 aliphatic carbocycles. The monoisotopic (exact) mass is 552 g/mol. The number of halogens is 6. The highest BCUT2D eigenvalue weighted by Gasteiger charge is 2.61. The molecule has 1 atom stereocenters. The predicted octanol–water partition coefficient (Wildman–Crippen LogP) is 6.56. The molecule has 1 unspecified atom stereocenters. The van der Waals surface area contributed by atoms with Crippen molar-refractivity contribution in [1.82, 2.24) is 0 Å². The van der Waals surface area contributed by atoms with Gasteiger partial charge < -0.3 is 9.29 Å². The summed E-state index contributed by atoms with van der Waals surface area (Å²) in [7, 11) is -6.54. The summed E-state index contributed by atoms with van der Waals surface area (Å²) in [5.74, 6) is 0. The minimum atomic E-state index is -6.52. The Kier molecular flexibility index (Phi) is 10.1. The predicted molar refractivity (Wildman–Crippen MR) is 122 cm³/mol. The molecule has 0 aliphatic heterocycles. The lowest BCUT2D eigenvalue weighted by Gasteiger charge is -2.29. The third-order valence-electron chi connectivity index (χ3n) is 4.14. The van der Waals surface area contributed by atoms with Gasteiger partial charge in [0.05, 0.1) is 17.2 Å². The van der Waals surface area contributed by atoms with E-state index < -0.39 is 27.7 Å². The maximum Gasteiger partial charge on any atom is 0.432 e. The number of benzene rings is 3. The highest BCUT2D eigenvalue weighted by molar-refractivity contribution is 7.97. The van der Waals surface area contributed by atoms with Crippen molar-refractivity contribution in [2.45, 2.75) is 32.2 Å². The third kappa shape index (κ3) is 7.96. The zero-order chi connectivity index (χ0) is 26.1. The van der Waals surface area contributed by atoms with Crippen LogP contribution in [0.3, 0.4) is 0 Å². The van der Waals surface area contributed by atoms with Crippen LogP contribution in [0.5, 0.6) is 0 Å². The van der Waals surface area contributed by atoms with Crippen molar-refractivity contribution >= 4 is 32.6 Å². The second kappa shape index (κ2) is 12.4. The van der Waals surface area contributed by atoms with E-state index in [1.807, 2.05) is 0 Å². The van der Waals surface area contributed by atoms with E-state index in [1.54, 1.807) is 0 Å². The van der Waals surface area contributed by atoms with E-state index >= 15 is 0 Å². The van der Waals surface area contributed by atoms with E-state index in [1.165, 1.54) is 14.7 Å². The van der Waals surface area contributed by atoms with Crippen molar-refractivity contribution in [2.24, 2.45) is 0 Å². The molecule has 0 N–H and O–H groups in total. The van der Waals surface area contributed by atoms with Gasteiger partial charge in [0.25, 0.3) is 6.10 Å². The maximum atomic E-state index is 12.6. The largest absolute Gasteiger partial charge is 0.743 e. The van der Waals surface area contributed by atoms with Crippen LogP contribution in [0, 0.1) is 0 Å². The first-order valence-corrected chi connectivity index (χ1v) is 12.7. The minimum absolute atomic E-state index is 0.0146. The van der Waals surface area contributed by atoms with Crippen molar-refractivity contribution in [3.8, 4) is 0 Å². The molecule has 0 amide bonds. The zero-order valence-corrected chi connectivity index (χ0v) is 20.0. The molecule has 0 saturated carbocycles. The number of alkyl halides is 5. The minimum Gasteiger partial charge on any atom is -0.743 e. The van der Waals surface area contributed by atoms with E-state index in [4.69, 9.17) is 11.6 Å². The average Bonchev–Trinajstić information content (AvgIpc) is 2.80. The van der Waals surface area contributed by atoms with Gasteiger partial charge in [0.1, 0.15) is 0 Å². The standard InChI is InChI=1S/C18H15S.C5H4ClF5O4S/c1-4-10-16(11-5-1)19(17-12-6-2-7-13-17)18-14-8-3-9-15-18;6-1-2-15-3(4(7,8)9)5(10,11)16(12,13)14/h1-15H;1-3H,(H,12,13,14)/q+1;/p-1. The Morgan fingerprint density at radius 3 is 1.37 bits per heavy atom. The van der Waals surface area contributed by atoms with Crippen LogP contribution in [-0.2, 0) is 25.7 Å². The van der Waals surface area contributed by atoms with Gasteiger partial charge in [-0.1, -0.05) is 66.2 Å². The SMILES string of the molecule is O=S(=O)([O-])C(F)(F)C(OC=CCl)C(F)(F)F.c1ccc([S+](c2ccccc2)c2ccccc2)cc1. The molecule has 0 bridgehead atoms. The number of hydrogen-bond acceptors (Lipinski definition) is 4. The lowest BCUT2D eigenvalue weighted by Crippen LogP contribution is -2.50. The van der Waals surface area contributed by atoms with Crippen molar-refractivity contribution in [2.75, 3.05) is 0 Å². The van der Waals surface area contributed by atoms with Gasteiger partial charge >= 0.3 is 11.4 Å². The van der Waals surface area contributed by atoms with Gasteiger partial charge in [0, 0.05) is 5.54 Å². The average molecular weight is 553 g/mol. The summed E-state index contributed by atoms with van der Waals surface area (Å²) in [4.78, 5) is 4.08. The summed E-state index contributed by atoms with van der Waals surface area (Å²) in [5, 5.41) is -5.65. The summed E-state index contributed by atoms with van der Waals surface area (Å²) in [6, 6.07) is 32.2. The van der Waals surface area contributed by atoms with Gasteiger partial charge in [-0.05, 0) is 36.4 Å². The van der Waals surface area contributed by atoms with Gasteiger partial charge in [0.2, 0.25) is 0 Å². The Labute approximate surface area is 207 Å². The van der Waals surface area contributed by atoms with Gasteiger partial charge in [-0.25, -0.2) is 8.42 Å². The topological polar surface area (TPSA) is 66.4 Å². The van der Waals surface area contributed by atoms with Crippen LogP contribution in [-0.4, -0.2) is 30.5 Å². The fourth-order valence-corrected chi connectivity index (χ4v) is 5.28. The summed E-state index contributed by atoms with van der Waals surface area (Å²) >= 11 is 4.71. The molecular formula is C23H18ClF5O4S2. The van der Waals surface area contributed by atoms with Gasteiger partial charge in [0.15, 0.2) is 24.8 Å². The Morgan fingerprint density at radius 1 is 0.771 bits per heavy atom. The zero-order valence-electron chi connectivity index (χ0n) is 17.6. The van der Waals surface area contributed by atoms with E-state index in [9.17, 15) is 34.9 Å². The molecular weight excluding hydrogens is 535 g/mol. The first-order valence-electron chi connectivity index (χ1n) is 9.59. The Morgan fingerprint density at radius 2 is 1.11 bits per heavy atom. The van der Waals surface area contributed by atoms with Crippen LogP contribution in [0.4, 0.5) is 22.0 Å². The highest BCUT2D eigenvalue weighted by Crippen LogP contribution is 2.38. The summed E-state index contributed by atoms with van der Waals surface area (Å²) in [6.45, 7) is 0. The van der Waals surface area contributed by atoms with E-state index in [-0.39, 0.29) is 17.2 Å². The Bertz CT molecular complexity index is 1080. The second-order valence-electron chi connectivity index (χ2n) is 6.58. The molecule has 0 aliphatic rings. The lowest BCUT2D eigenvalue weighted by atomic mass is 10.3. The van der Waals surface area contributed by atoms with Crippen molar-refractivity contribution < 1.29 is 39.7 Å². The highest BCUT2D eigenvalue weighted by atomic mass is 35.5. The quantitative estimate of drug-likeness (QED) is 0.144. The summed E-state index contributed by atoms with van der Waals surface area (Å²) < 4.78 is 94.4. The number of ether oxygens (including phenoxy) is 1. The van der Waals surface area contributed by atoms with Crippen molar-refractivity contribution in [3.63, 3.8) is 0 Å². The second-order valence-corrected chi connectivity index (χ2v) is 10.3. The summed E-state index contributed by atoms with van der Waals surface area (Å²) in [6.07, 6.45) is -9.88. The first-order chi connectivity index (χ1) is 16.4. The fraction of sp³-hybridized carbons (Fsp3) is 0.130. The van der Waals surface area contributed by atoms with Gasteiger partial charge in [-0.15, -0.1) is 0 Å². The van der Waals surface area contributed by atoms with Gasteiger partial charge in [-0.3, -0.25) is 0 Å². The number of rotatable bonds is 7. The molecule has 3 aromatic rings. The first kappa shape index (κ1) is 28.6. The molecule has 0 spiro atoms. The summed E-state index contributed by atoms with van der Waals surface area (Å²) in [5.41, 5.74) is 0.298. The van der Waals surface area contributed by atoms with Crippen LogP contribution in [0.15, 0.2) is 117 Å². The Balaban J connectivity index is 0.000000252. The van der Waals surface area contributed by atoms with Crippen molar-refractivity contribution in [3.05, 3.63) is 103 Å². The molecule has 0 aromatic heterocycles. The fourth-order valence-electron chi connectivity index (χ4n) is 2.66. The number of hydrogen-bond donors (Lipinski definition) is 0. The normalized spacial score (nSPS) is 13.3. The van der Waals surface area contributed by atoms with Gasteiger partial charge in [-0.2, -0.15) is 22.0 Å². The maximum absolute atomic E-state index is 12.6. The van der Waals surface area contributed by atoms with Crippen LogP contribution in [0.2, 0.25) is 0 Å². The lowest BCUT2D eigenvalue weighted by molar-refractivity contribution is -0.250. The van der Waals surface area contributed by atoms with E-state index in [0.29, 0.717) is 5.54 Å². The molecule has 3 rings (SSSR count). The molecule has 35 heavy (non-hydrogen) atoms. The molecule has 12 heteroatoms.